The summed E-state index contributed by atoms with van der Waals surface area (Å²) >= 11 is 0. The molecule has 2 atom stereocenters. The van der Waals surface area contributed by atoms with Crippen LogP contribution in [0.1, 0.15) is 46.5 Å². The summed E-state index contributed by atoms with van der Waals surface area (Å²) in [6.07, 6.45) is 4.82. The highest BCUT2D eigenvalue weighted by atomic mass is 16.5. The van der Waals surface area contributed by atoms with Gasteiger partial charge in [-0.25, -0.2) is 0 Å². The molecule has 0 bridgehead atoms. The van der Waals surface area contributed by atoms with E-state index in [0.717, 1.165) is 13.0 Å². The first-order chi connectivity index (χ1) is 7.05. The van der Waals surface area contributed by atoms with Gasteiger partial charge in [0.15, 0.2) is 0 Å². The van der Waals surface area contributed by atoms with Crippen molar-refractivity contribution in [2.75, 3.05) is 13.2 Å². The lowest BCUT2D eigenvalue weighted by Gasteiger charge is -2.19. The Kier molecular flexibility index (Phi) is 7.37. The van der Waals surface area contributed by atoms with Crippen LogP contribution < -0.4 is 5.73 Å². The third kappa shape index (κ3) is 7.35. The zero-order valence-corrected chi connectivity index (χ0v) is 10.3. The first-order valence-electron chi connectivity index (χ1n) is 5.83. The molecule has 0 aromatic rings. The molecule has 0 saturated heterocycles. The monoisotopic (exact) mass is 212 g/mol. The topological polar surface area (TPSA) is 59.0 Å². The first-order valence-corrected chi connectivity index (χ1v) is 5.83. The van der Waals surface area contributed by atoms with Crippen molar-refractivity contribution in [3.63, 3.8) is 0 Å². The molecular formula is C12H24N2O. The number of nitrogens with two attached hydrogens (primary N) is 1. The van der Waals surface area contributed by atoms with Gasteiger partial charge < -0.3 is 10.5 Å². The van der Waals surface area contributed by atoms with Gasteiger partial charge in [-0.1, -0.05) is 33.1 Å². The fourth-order valence-corrected chi connectivity index (χ4v) is 1.37. The van der Waals surface area contributed by atoms with E-state index in [-0.39, 0.29) is 0 Å². The Morgan fingerprint density at radius 2 is 2.13 bits per heavy atom. The van der Waals surface area contributed by atoms with E-state index in [0.29, 0.717) is 12.5 Å². The summed E-state index contributed by atoms with van der Waals surface area (Å²) in [6.45, 7) is 7.12. The Morgan fingerprint density at radius 3 is 2.60 bits per heavy atom. The van der Waals surface area contributed by atoms with E-state index < -0.39 is 5.54 Å². The SMILES string of the molecule is CCCCC(CC)COCC(C)(N)C#N. The van der Waals surface area contributed by atoms with E-state index in [2.05, 4.69) is 13.8 Å². The van der Waals surface area contributed by atoms with Crippen molar-refractivity contribution in [3.05, 3.63) is 0 Å². The Hall–Kier alpha value is -0.590. The molecule has 0 aliphatic carbocycles. The third-order valence-corrected chi connectivity index (χ3v) is 2.55. The second-order valence-corrected chi connectivity index (χ2v) is 4.46. The average Bonchev–Trinajstić information content (AvgIpc) is 2.23. The second-order valence-electron chi connectivity index (χ2n) is 4.46. The fourth-order valence-electron chi connectivity index (χ4n) is 1.37. The molecule has 3 nitrogen and oxygen atoms in total. The number of nitrogens with zero attached hydrogens (tertiary/aromatic N) is 1. The van der Waals surface area contributed by atoms with Gasteiger partial charge in [0.25, 0.3) is 0 Å². The van der Waals surface area contributed by atoms with Gasteiger partial charge in [0.2, 0.25) is 0 Å². The minimum atomic E-state index is -0.844. The van der Waals surface area contributed by atoms with Gasteiger partial charge in [-0.15, -0.1) is 0 Å². The average molecular weight is 212 g/mol. The van der Waals surface area contributed by atoms with E-state index in [1.165, 1.54) is 19.3 Å². The quantitative estimate of drug-likeness (QED) is 0.672. The van der Waals surface area contributed by atoms with Crippen molar-refractivity contribution < 1.29 is 4.74 Å². The lowest BCUT2D eigenvalue weighted by atomic mass is 10.0. The highest BCUT2D eigenvalue weighted by molar-refractivity contribution is 5.00. The van der Waals surface area contributed by atoms with Crippen LogP contribution in [-0.2, 0) is 4.74 Å². The lowest BCUT2D eigenvalue weighted by Crippen LogP contribution is -2.39. The Labute approximate surface area is 93.6 Å². The molecule has 2 N–H and O–H groups in total. The van der Waals surface area contributed by atoms with Crippen molar-refractivity contribution in [2.45, 2.75) is 52.0 Å². The van der Waals surface area contributed by atoms with E-state index in [1.54, 1.807) is 6.92 Å². The molecule has 3 heteroatoms. The summed E-state index contributed by atoms with van der Waals surface area (Å²) in [6, 6.07) is 2.03. The van der Waals surface area contributed by atoms with Crippen LogP contribution in [0.4, 0.5) is 0 Å². The van der Waals surface area contributed by atoms with E-state index in [9.17, 15) is 0 Å². The smallest absolute Gasteiger partial charge is 0.124 e. The predicted molar refractivity (Wildman–Crippen MR) is 62.3 cm³/mol. The van der Waals surface area contributed by atoms with E-state index in [1.807, 2.05) is 6.07 Å². The molecule has 0 amide bonds. The van der Waals surface area contributed by atoms with Crippen LogP contribution in [0.5, 0.6) is 0 Å². The lowest BCUT2D eigenvalue weighted by molar-refractivity contribution is 0.0737. The van der Waals surface area contributed by atoms with Crippen molar-refractivity contribution >= 4 is 0 Å². The van der Waals surface area contributed by atoms with Gasteiger partial charge in [0, 0.05) is 6.61 Å². The normalized spacial score (nSPS) is 16.7. The van der Waals surface area contributed by atoms with Gasteiger partial charge in [0.05, 0.1) is 12.7 Å². The Morgan fingerprint density at radius 1 is 1.47 bits per heavy atom. The third-order valence-electron chi connectivity index (χ3n) is 2.55. The maximum Gasteiger partial charge on any atom is 0.124 e. The molecule has 88 valence electrons. The zero-order valence-electron chi connectivity index (χ0n) is 10.3. The highest BCUT2D eigenvalue weighted by Crippen LogP contribution is 2.13. The zero-order chi connectivity index (χ0) is 11.7. The molecule has 0 aromatic carbocycles. The van der Waals surface area contributed by atoms with Gasteiger partial charge >= 0.3 is 0 Å². The molecule has 0 aliphatic heterocycles. The van der Waals surface area contributed by atoms with Gasteiger partial charge in [-0.05, 0) is 19.3 Å². The maximum absolute atomic E-state index is 8.70. The number of hydrogen-bond donors (Lipinski definition) is 1. The van der Waals surface area contributed by atoms with Crippen LogP contribution in [0.25, 0.3) is 0 Å². The minimum absolute atomic E-state index is 0.326. The van der Waals surface area contributed by atoms with Crippen molar-refractivity contribution in [2.24, 2.45) is 11.7 Å². The van der Waals surface area contributed by atoms with Crippen LogP contribution in [0.15, 0.2) is 0 Å². The number of unbranched alkanes of at least 4 members (excludes halogenated alkanes) is 1. The van der Waals surface area contributed by atoms with E-state index in [4.69, 9.17) is 15.7 Å². The van der Waals surface area contributed by atoms with Crippen molar-refractivity contribution in [1.82, 2.24) is 0 Å². The van der Waals surface area contributed by atoms with Crippen LogP contribution in [0, 0.1) is 17.2 Å². The van der Waals surface area contributed by atoms with Crippen molar-refractivity contribution in [3.8, 4) is 6.07 Å². The molecule has 15 heavy (non-hydrogen) atoms. The van der Waals surface area contributed by atoms with E-state index >= 15 is 0 Å². The summed E-state index contributed by atoms with van der Waals surface area (Å²) in [4.78, 5) is 0. The Balaban J connectivity index is 3.68. The second kappa shape index (κ2) is 7.67. The minimum Gasteiger partial charge on any atom is -0.378 e. The molecule has 0 spiro atoms. The Bertz CT molecular complexity index is 196. The molecule has 0 radical (unpaired) electrons. The molecule has 0 fully saturated rings. The predicted octanol–water partition coefficient (Wildman–Crippen LogP) is 2.46. The summed E-state index contributed by atoms with van der Waals surface area (Å²) in [7, 11) is 0. The maximum atomic E-state index is 8.70. The highest BCUT2D eigenvalue weighted by Gasteiger charge is 2.18. The number of hydrogen-bond acceptors (Lipinski definition) is 3. The molecule has 0 heterocycles. The molecule has 2 unspecified atom stereocenters. The molecule has 0 aliphatic rings. The first kappa shape index (κ1) is 14.4. The van der Waals surface area contributed by atoms with Crippen LogP contribution in [0.2, 0.25) is 0 Å². The van der Waals surface area contributed by atoms with Crippen LogP contribution in [0.3, 0.4) is 0 Å². The summed E-state index contributed by atoms with van der Waals surface area (Å²) in [5, 5.41) is 8.70. The number of nitriles is 1. The molecular weight excluding hydrogens is 188 g/mol. The largest absolute Gasteiger partial charge is 0.378 e. The van der Waals surface area contributed by atoms with Crippen molar-refractivity contribution in [1.29, 1.82) is 5.26 Å². The van der Waals surface area contributed by atoms with Gasteiger partial charge in [-0.3, -0.25) is 0 Å². The van der Waals surface area contributed by atoms with Gasteiger partial charge in [-0.2, -0.15) is 5.26 Å². The summed E-state index contributed by atoms with van der Waals surface area (Å²) in [5.74, 6) is 0.611. The standard InChI is InChI=1S/C12H24N2O/c1-4-6-7-11(5-2)8-15-10-12(3,14)9-13/h11H,4-8,10,14H2,1-3H3. The van der Waals surface area contributed by atoms with Crippen LogP contribution >= 0.6 is 0 Å². The molecule has 0 aromatic heterocycles. The summed E-state index contributed by atoms with van der Waals surface area (Å²) in [5.41, 5.74) is 4.81. The fraction of sp³-hybridized carbons (Fsp3) is 0.917. The number of ether oxygens (including phenoxy) is 1. The summed E-state index contributed by atoms with van der Waals surface area (Å²) < 4.78 is 5.49. The van der Waals surface area contributed by atoms with Gasteiger partial charge in [0.1, 0.15) is 5.54 Å². The molecule has 0 rings (SSSR count). The molecule has 0 saturated carbocycles. The van der Waals surface area contributed by atoms with Crippen LogP contribution in [-0.4, -0.2) is 18.8 Å². The number of rotatable bonds is 8.